The van der Waals surface area contributed by atoms with E-state index in [0.717, 1.165) is 6.54 Å². The SMILES string of the molecule is NCC1CCC(NC(=S)C23CC4CC(c5ccccc5)(CC(C2)C4OC2CC2)C3)CC1. The molecule has 7 rings (SSSR count). The zero-order valence-electron chi connectivity index (χ0n) is 18.7. The molecule has 0 aliphatic heterocycles. The third-order valence-corrected chi connectivity index (χ3v) is 10.0. The first-order valence-corrected chi connectivity index (χ1v) is 13.2. The minimum absolute atomic E-state index is 0.172. The Morgan fingerprint density at radius 1 is 0.968 bits per heavy atom. The highest BCUT2D eigenvalue weighted by atomic mass is 32.1. The molecule has 0 radical (unpaired) electrons. The third kappa shape index (κ3) is 3.67. The number of nitrogens with two attached hydrogens (primary N) is 1. The quantitative estimate of drug-likeness (QED) is 0.606. The van der Waals surface area contributed by atoms with Gasteiger partial charge in [0.1, 0.15) is 0 Å². The van der Waals surface area contributed by atoms with Gasteiger partial charge in [0.05, 0.1) is 17.2 Å². The van der Waals surface area contributed by atoms with Crippen LogP contribution in [0.5, 0.6) is 0 Å². The fourth-order valence-electron chi connectivity index (χ4n) is 8.03. The van der Waals surface area contributed by atoms with Crippen LogP contribution in [0.2, 0.25) is 0 Å². The second kappa shape index (κ2) is 7.81. The van der Waals surface area contributed by atoms with Gasteiger partial charge in [0.2, 0.25) is 0 Å². The molecule has 0 heterocycles. The van der Waals surface area contributed by atoms with E-state index in [4.69, 9.17) is 22.7 Å². The number of benzene rings is 1. The van der Waals surface area contributed by atoms with Crippen molar-refractivity contribution < 1.29 is 4.74 Å². The molecular weight excluding hydrogens is 400 g/mol. The lowest BCUT2D eigenvalue weighted by Gasteiger charge is -2.65. The molecule has 1 aromatic rings. The summed E-state index contributed by atoms with van der Waals surface area (Å²) >= 11 is 6.25. The van der Waals surface area contributed by atoms with Crippen molar-refractivity contribution in [2.75, 3.05) is 6.54 Å². The Morgan fingerprint density at radius 2 is 1.65 bits per heavy atom. The van der Waals surface area contributed by atoms with Gasteiger partial charge in [-0.25, -0.2) is 0 Å². The summed E-state index contributed by atoms with van der Waals surface area (Å²) in [5, 5.41) is 3.91. The first-order chi connectivity index (χ1) is 15.1. The number of nitrogens with one attached hydrogen (secondary N) is 1. The van der Waals surface area contributed by atoms with E-state index in [-0.39, 0.29) is 5.41 Å². The van der Waals surface area contributed by atoms with Gasteiger partial charge < -0.3 is 15.8 Å². The van der Waals surface area contributed by atoms with Crippen molar-refractivity contribution in [1.82, 2.24) is 5.32 Å². The average Bonchev–Trinajstić information content (AvgIpc) is 3.61. The van der Waals surface area contributed by atoms with E-state index in [1.807, 2.05) is 0 Å². The van der Waals surface area contributed by atoms with Crippen molar-refractivity contribution >= 4 is 17.2 Å². The van der Waals surface area contributed by atoms with E-state index in [2.05, 4.69) is 35.6 Å². The summed E-state index contributed by atoms with van der Waals surface area (Å²) in [5.41, 5.74) is 7.93. The summed E-state index contributed by atoms with van der Waals surface area (Å²) < 4.78 is 6.64. The van der Waals surface area contributed by atoms with Crippen molar-refractivity contribution in [3.8, 4) is 0 Å². The van der Waals surface area contributed by atoms with Gasteiger partial charge in [-0.2, -0.15) is 0 Å². The van der Waals surface area contributed by atoms with Crippen molar-refractivity contribution in [3.63, 3.8) is 0 Å². The molecule has 2 unspecified atom stereocenters. The van der Waals surface area contributed by atoms with E-state index in [0.29, 0.717) is 41.4 Å². The monoisotopic (exact) mass is 438 g/mol. The lowest BCUT2D eigenvalue weighted by Crippen LogP contribution is -2.64. The number of hydrogen-bond donors (Lipinski definition) is 2. The first-order valence-electron chi connectivity index (χ1n) is 12.8. The molecule has 31 heavy (non-hydrogen) atoms. The molecule has 6 aliphatic rings. The van der Waals surface area contributed by atoms with Crippen LogP contribution in [0.4, 0.5) is 0 Å². The summed E-state index contributed by atoms with van der Waals surface area (Å²) in [6, 6.07) is 11.9. The Morgan fingerprint density at radius 3 is 2.26 bits per heavy atom. The zero-order chi connectivity index (χ0) is 21.1. The van der Waals surface area contributed by atoms with Crippen molar-refractivity contribution in [1.29, 1.82) is 0 Å². The Kier molecular flexibility index (Phi) is 5.20. The Bertz CT molecular complexity index is 798. The van der Waals surface area contributed by atoms with Crippen molar-refractivity contribution in [2.24, 2.45) is 28.9 Å². The van der Waals surface area contributed by atoms with Crippen LogP contribution in [0, 0.1) is 23.2 Å². The van der Waals surface area contributed by atoms with E-state index in [1.165, 1.54) is 75.6 Å². The number of rotatable bonds is 6. The molecule has 6 aliphatic carbocycles. The average molecular weight is 439 g/mol. The fraction of sp³-hybridized carbons (Fsp3) is 0.741. The molecule has 3 N–H and O–H groups in total. The summed E-state index contributed by atoms with van der Waals surface area (Å²) in [6.07, 6.45) is 14.8. The van der Waals surface area contributed by atoms with Crippen LogP contribution >= 0.6 is 12.2 Å². The van der Waals surface area contributed by atoms with E-state index < -0.39 is 0 Å². The van der Waals surface area contributed by atoms with Gasteiger partial charge in [-0.3, -0.25) is 0 Å². The topological polar surface area (TPSA) is 47.3 Å². The largest absolute Gasteiger partial charge is 0.376 e. The van der Waals surface area contributed by atoms with Gasteiger partial charge in [0.25, 0.3) is 0 Å². The second-order valence-electron chi connectivity index (χ2n) is 11.7. The maximum absolute atomic E-state index is 6.64. The molecule has 168 valence electrons. The molecule has 3 nitrogen and oxygen atoms in total. The van der Waals surface area contributed by atoms with Crippen LogP contribution < -0.4 is 11.1 Å². The van der Waals surface area contributed by atoms with Crippen LogP contribution in [0.1, 0.15) is 76.2 Å². The van der Waals surface area contributed by atoms with Gasteiger partial charge in [-0.1, -0.05) is 42.5 Å². The van der Waals surface area contributed by atoms with Crippen LogP contribution in [0.3, 0.4) is 0 Å². The smallest absolute Gasteiger partial charge is 0.0818 e. The van der Waals surface area contributed by atoms with Gasteiger partial charge in [-0.05, 0) is 106 Å². The van der Waals surface area contributed by atoms with Crippen molar-refractivity contribution in [2.45, 2.75) is 94.3 Å². The Hall–Kier alpha value is -0.970. The van der Waals surface area contributed by atoms with Crippen LogP contribution in [-0.2, 0) is 10.2 Å². The van der Waals surface area contributed by atoms with Gasteiger partial charge in [0, 0.05) is 11.5 Å². The number of thiocarbonyl (C=S) groups is 1. The molecule has 0 aromatic heterocycles. The molecule has 4 heteroatoms. The molecule has 0 spiro atoms. The van der Waals surface area contributed by atoms with Gasteiger partial charge >= 0.3 is 0 Å². The Balaban J connectivity index is 1.25. The second-order valence-corrected chi connectivity index (χ2v) is 12.1. The highest BCUT2D eigenvalue weighted by Gasteiger charge is 2.63. The lowest BCUT2D eigenvalue weighted by molar-refractivity contribution is -0.155. The highest BCUT2D eigenvalue weighted by molar-refractivity contribution is 7.80. The highest BCUT2D eigenvalue weighted by Crippen LogP contribution is 2.67. The van der Waals surface area contributed by atoms with Crippen LogP contribution in [-0.4, -0.2) is 29.8 Å². The summed E-state index contributed by atoms with van der Waals surface area (Å²) in [4.78, 5) is 1.18. The number of ether oxygens (including phenoxy) is 1. The molecule has 1 aromatic carbocycles. The predicted octanol–water partition coefficient (Wildman–Crippen LogP) is 5.12. The Labute approximate surface area is 192 Å². The van der Waals surface area contributed by atoms with Gasteiger partial charge in [0.15, 0.2) is 0 Å². The van der Waals surface area contributed by atoms with E-state index in [9.17, 15) is 0 Å². The van der Waals surface area contributed by atoms with Crippen LogP contribution in [0.25, 0.3) is 0 Å². The predicted molar refractivity (Wildman–Crippen MR) is 129 cm³/mol. The minimum Gasteiger partial charge on any atom is -0.376 e. The molecule has 6 fully saturated rings. The summed E-state index contributed by atoms with van der Waals surface area (Å²) in [6.45, 7) is 0.840. The summed E-state index contributed by atoms with van der Waals surface area (Å²) in [5.74, 6) is 2.04. The van der Waals surface area contributed by atoms with Crippen LogP contribution in [0.15, 0.2) is 30.3 Å². The van der Waals surface area contributed by atoms with E-state index >= 15 is 0 Å². The number of hydrogen-bond acceptors (Lipinski definition) is 3. The molecular formula is C27H38N2OS. The molecule has 0 saturated heterocycles. The molecule has 6 saturated carbocycles. The van der Waals surface area contributed by atoms with Crippen molar-refractivity contribution in [3.05, 3.63) is 35.9 Å². The van der Waals surface area contributed by atoms with E-state index in [1.54, 1.807) is 5.56 Å². The standard InChI is InChI=1S/C27H38N2OS/c28-16-18-6-8-22(9-7-18)29-25(31)27-14-19-12-26(17-27,21-4-2-1-3-5-21)13-20(15-27)24(19)30-23-10-11-23/h1-5,18-20,22-24H,6-17,28H2,(H,29,31). The maximum Gasteiger partial charge on any atom is 0.0818 e. The lowest BCUT2D eigenvalue weighted by atomic mass is 9.42. The van der Waals surface area contributed by atoms with Gasteiger partial charge in [-0.15, -0.1) is 0 Å². The molecule has 2 atom stereocenters. The minimum atomic E-state index is 0.172. The molecule has 4 bridgehead atoms. The third-order valence-electron chi connectivity index (χ3n) is 9.47. The molecule has 0 amide bonds. The fourth-order valence-corrected chi connectivity index (χ4v) is 8.43. The first kappa shape index (κ1) is 20.6. The maximum atomic E-state index is 6.64. The summed E-state index contributed by atoms with van der Waals surface area (Å²) in [7, 11) is 0. The zero-order valence-corrected chi connectivity index (χ0v) is 19.5. The normalized spacial score (nSPS) is 43.7.